The van der Waals surface area contributed by atoms with Crippen LogP contribution in [0.4, 0.5) is 0 Å². The minimum atomic E-state index is -1.08. The van der Waals surface area contributed by atoms with Gasteiger partial charge in [0.05, 0.1) is 7.11 Å². The topological polar surface area (TPSA) is 49.4 Å². The smallest absolute Gasteiger partial charge is 0.357 e. The molecule has 0 amide bonds. The Balaban J connectivity index is 0.000000399. The van der Waals surface area contributed by atoms with Gasteiger partial charge in [-0.1, -0.05) is 18.2 Å². The Morgan fingerprint density at radius 3 is 1.95 bits per heavy atom. The van der Waals surface area contributed by atoms with Crippen molar-refractivity contribution in [3.05, 3.63) is 61.7 Å². The van der Waals surface area contributed by atoms with Crippen LogP contribution in [0.3, 0.4) is 0 Å². The maximum absolute atomic E-state index is 8.89. The van der Waals surface area contributed by atoms with Crippen molar-refractivity contribution < 1.29 is 35.8 Å². The maximum Gasteiger partial charge on any atom is 0.357 e. The van der Waals surface area contributed by atoms with Crippen LogP contribution in [-0.2, 0) is 4.79 Å². The molecule has 0 bridgehead atoms. The number of hydrogen-bond donors (Lipinski definition) is 0. The van der Waals surface area contributed by atoms with E-state index in [4.69, 9.17) is 14.6 Å². The highest BCUT2D eigenvalue weighted by atomic mass is 127. The molecular weight excluding hydrogens is 355 g/mol. The van der Waals surface area contributed by atoms with Crippen LogP contribution in [0.2, 0.25) is 0 Å². The van der Waals surface area contributed by atoms with E-state index in [1.807, 2.05) is 12.1 Å². The van der Waals surface area contributed by atoms with E-state index in [-0.39, 0.29) is 21.2 Å². The molecule has 0 saturated carbocycles. The highest BCUT2D eigenvalue weighted by Gasteiger charge is 2.13. The highest BCUT2D eigenvalue weighted by Crippen LogP contribution is 2.06. The fraction of sp³-hybridized carbons (Fsp3) is 0.133. The average Bonchev–Trinajstić information content (AvgIpc) is 2.40. The third-order valence-electron chi connectivity index (χ3n) is 2.00. The van der Waals surface area contributed by atoms with Gasteiger partial charge in [-0.15, -0.1) is 0 Å². The first kappa shape index (κ1) is 15.5. The highest BCUT2D eigenvalue weighted by molar-refractivity contribution is 5.60. The Kier molecular flexibility index (Phi) is 6.95. The molecule has 0 aliphatic heterocycles. The molecule has 0 heterocycles. The summed E-state index contributed by atoms with van der Waals surface area (Å²) in [5.74, 6) is -0.157. The van der Waals surface area contributed by atoms with Gasteiger partial charge in [-0.05, 0) is 43.3 Å². The van der Waals surface area contributed by atoms with E-state index in [2.05, 4.69) is 42.5 Å². The summed E-state index contributed by atoms with van der Waals surface area (Å²) in [4.78, 5) is 8.89. The lowest BCUT2D eigenvalue weighted by Gasteiger charge is -1.95. The SMILES string of the molecule is CC(=O)[O-].COc1ccc([I+]c2ccccc2)cc1. The summed E-state index contributed by atoms with van der Waals surface area (Å²) in [6.45, 7) is 0.972. The molecule has 0 aromatic heterocycles. The van der Waals surface area contributed by atoms with Crippen molar-refractivity contribution in [2.45, 2.75) is 6.92 Å². The predicted molar refractivity (Wildman–Crippen MR) is 67.5 cm³/mol. The number of rotatable bonds is 3. The van der Waals surface area contributed by atoms with Gasteiger partial charge in [0.1, 0.15) is 5.75 Å². The summed E-state index contributed by atoms with van der Waals surface area (Å²) in [7, 11) is 1.70. The fourth-order valence-corrected chi connectivity index (χ4v) is 3.45. The Hall–Kier alpha value is -1.56. The molecule has 0 aliphatic carbocycles. The van der Waals surface area contributed by atoms with E-state index >= 15 is 0 Å². The number of carboxylic acid groups (broad SMARTS) is 1. The van der Waals surface area contributed by atoms with E-state index in [9.17, 15) is 0 Å². The van der Waals surface area contributed by atoms with Crippen molar-refractivity contribution in [1.82, 2.24) is 0 Å². The third-order valence-corrected chi connectivity index (χ3v) is 4.68. The van der Waals surface area contributed by atoms with E-state index in [0.717, 1.165) is 12.7 Å². The first-order valence-electron chi connectivity index (χ1n) is 5.63. The number of aliphatic carboxylic acids is 1. The summed E-state index contributed by atoms with van der Waals surface area (Å²) in [5.41, 5.74) is 0. The second-order valence-electron chi connectivity index (χ2n) is 3.54. The molecule has 0 spiro atoms. The Labute approximate surface area is 123 Å². The number of carboxylic acids is 1. The quantitative estimate of drug-likeness (QED) is 0.624. The molecule has 19 heavy (non-hydrogen) atoms. The van der Waals surface area contributed by atoms with Crippen LogP contribution in [0.5, 0.6) is 5.75 Å². The van der Waals surface area contributed by atoms with Crippen LogP contribution >= 0.6 is 0 Å². The molecule has 4 heteroatoms. The number of halogens is 1. The van der Waals surface area contributed by atoms with Crippen LogP contribution in [0.25, 0.3) is 0 Å². The van der Waals surface area contributed by atoms with Crippen molar-refractivity contribution in [2.24, 2.45) is 0 Å². The number of hydrogen-bond acceptors (Lipinski definition) is 3. The summed E-state index contributed by atoms with van der Waals surface area (Å²) in [6.07, 6.45) is 0. The van der Waals surface area contributed by atoms with Crippen molar-refractivity contribution in [3.8, 4) is 5.75 Å². The minimum absolute atomic E-state index is 0.0449. The van der Waals surface area contributed by atoms with Crippen molar-refractivity contribution >= 4 is 5.97 Å². The Bertz CT molecular complexity index is 491. The zero-order valence-electron chi connectivity index (χ0n) is 10.8. The van der Waals surface area contributed by atoms with Gasteiger partial charge >= 0.3 is 21.2 Å². The first-order valence-corrected chi connectivity index (χ1v) is 7.79. The summed E-state index contributed by atoms with van der Waals surface area (Å²) in [6, 6.07) is 19.0. The zero-order valence-corrected chi connectivity index (χ0v) is 13.0. The first-order chi connectivity index (χ1) is 9.11. The standard InChI is InChI=1S/C13H12IO.C2H4O2/c1-15-13-9-7-12(8-10-13)14-11-5-3-2-4-6-11;1-2(3)4/h2-10H,1H3;1H3,(H,3,4)/q+1;/p-1. The molecule has 0 N–H and O–H groups in total. The second-order valence-corrected chi connectivity index (χ2v) is 6.57. The molecule has 0 atom stereocenters. The van der Waals surface area contributed by atoms with Gasteiger partial charge in [-0.2, -0.15) is 0 Å². The molecule has 0 fully saturated rings. The van der Waals surface area contributed by atoms with Crippen LogP contribution in [0, 0.1) is 7.14 Å². The lowest BCUT2D eigenvalue weighted by molar-refractivity contribution is -0.597. The molecule has 3 nitrogen and oxygen atoms in total. The monoisotopic (exact) mass is 370 g/mol. The van der Waals surface area contributed by atoms with Gasteiger partial charge in [0.2, 0.25) is 0 Å². The summed E-state index contributed by atoms with van der Waals surface area (Å²) < 4.78 is 7.99. The van der Waals surface area contributed by atoms with Crippen molar-refractivity contribution in [2.75, 3.05) is 7.11 Å². The largest absolute Gasteiger partial charge is 0.550 e. The Morgan fingerprint density at radius 2 is 1.47 bits per heavy atom. The van der Waals surface area contributed by atoms with Gasteiger partial charge < -0.3 is 14.6 Å². The van der Waals surface area contributed by atoms with Crippen molar-refractivity contribution in [1.29, 1.82) is 0 Å². The fourth-order valence-electron chi connectivity index (χ4n) is 1.24. The van der Waals surface area contributed by atoms with Crippen LogP contribution < -0.4 is 31.0 Å². The second kappa shape index (κ2) is 8.53. The lowest BCUT2D eigenvalue weighted by atomic mass is 10.3. The number of ether oxygens (including phenoxy) is 1. The normalized spacial score (nSPS) is 9.16. The molecule has 100 valence electrons. The summed E-state index contributed by atoms with van der Waals surface area (Å²) in [5, 5.41) is 8.89. The molecular formula is C15H15IO3. The van der Waals surface area contributed by atoms with E-state index in [1.165, 1.54) is 7.14 Å². The number of methoxy groups -OCH3 is 1. The average molecular weight is 370 g/mol. The Morgan fingerprint density at radius 1 is 1.00 bits per heavy atom. The number of benzene rings is 2. The van der Waals surface area contributed by atoms with Gasteiger partial charge in [-0.25, -0.2) is 0 Å². The van der Waals surface area contributed by atoms with Gasteiger partial charge in [0, 0.05) is 5.97 Å². The molecule has 0 aliphatic rings. The molecule has 0 unspecified atom stereocenters. The van der Waals surface area contributed by atoms with E-state index in [0.29, 0.717) is 0 Å². The molecule has 0 radical (unpaired) electrons. The lowest BCUT2D eigenvalue weighted by Crippen LogP contribution is -3.61. The minimum Gasteiger partial charge on any atom is -0.550 e. The molecule has 2 rings (SSSR count). The number of carbonyl (C=O) groups is 1. The van der Waals surface area contributed by atoms with E-state index in [1.54, 1.807) is 7.11 Å². The van der Waals surface area contributed by atoms with Crippen LogP contribution in [0.1, 0.15) is 6.92 Å². The zero-order chi connectivity index (χ0) is 14.1. The maximum atomic E-state index is 8.89. The van der Waals surface area contributed by atoms with Crippen molar-refractivity contribution in [3.63, 3.8) is 0 Å². The van der Waals surface area contributed by atoms with E-state index < -0.39 is 5.97 Å². The summed E-state index contributed by atoms with van der Waals surface area (Å²) >= 11 is -0.0449. The third kappa shape index (κ3) is 6.81. The molecule has 2 aromatic carbocycles. The van der Waals surface area contributed by atoms with Gasteiger partial charge in [0.15, 0.2) is 7.14 Å². The molecule has 2 aromatic rings. The van der Waals surface area contributed by atoms with Gasteiger partial charge in [-0.3, -0.25) is 0 Å². The van der Waals surface area contributed by atoms with Crippen LogP contribution in [-0.4, -0.2) is 13.1 Å². The molecule has 0 saturated heterocycles. The number of carbonyl (C=O) groups excluding carboxylic acids is 1. The van der Waals surface area contributed by atoms with Gasteiger partial charge in [0.25, 0.3) is 0 Å². The predicted octanol–water partition coefficient (Wildman–Crippen LogP) is -1.42. The van der Waals surface area contributed by atoms with Crippen LogP contribution in [0.15, 0.2) is 54.6 Å².